The highest BCUT2D eigenvalue weighted by atomic mass is 19.0. The zero-order valence-electron chi connectivity index (χ0n) is 13.7. The van der Waals surface area contributed by atoms with Gasteiger partial charge in [-0.2, -0.15) is 0 Å². The lowest BCUT2D eigenvalue weighted by Crippen LogP contribution is -1.83. The van der Waals surface area contributed by atoms with Gasteiger partial charge in [-0.3, -0.25) is 4.70 Å². The average molecular weight is 288 g/mol. The van der Waals surface area contributed by atoms with Crippen LogP contribution in [0, 0.1) is 0 Å². The summed E-state index contributed by atoms with van der Waals surface area (Å²) in [5.74, 6) is 0. The van der Waals surface area contributed by atoms with Crippen LogP contribution in [0.5, 0.6) is 0 Å². The lowest BCUT2D eigenvalue weighted by atomic mass is 10.0. The van der Waals surface area contributed by atoms with Gasteiger partial charge in [0.25, 0.3) is 0 Å². The van der Waals surface area contributed by atoms with E-state index >= 15 is 0 Å². The van der Waals surface area contributed by atoms with E-state index in [2.05, 4.69) is 13.0 Å². The van der Waals surface area contributed by atoms with Crippen LogP contribution in [-0.4, -0.2) is 0 Å². The summed E-state index contributed by atoms with van der Waals surface area (Å²) in [6, 6.07) is 0. The third-order valence-corrected chi connectivity index (χ3v) is 3.86. The predicted octanol–water partition coefficient (Wildman–Crippen LogP) is 6.48. The Morgan fingerprint density at radius 1 is 0.600 bits per heavy atom. The molecule has 122 valence electrons. The standard InChI is InChI=1S/C18H37N.FH/c1-2-3-4-5-6-7-8-9-10-11-12-13-14-15-16-17-18-19;/h17-18H,2-16,19H2,1H3;1H/b18-17+;. The Bertz CT molecular complexity index is 180. The molecule has 0 spiro atoms. The van der Waals surface area contributed by atoms with Crippen molar-refractivity contribution in [1.29, 1.82) is 0 Å². The van der Waals surface area contributed by atoms with E-state index in [0.717, 1.165) is 6.42 Å². The monoisotopic (exact) mass is 287 g/mol. The van der Waals surface area contributed by atoms with Crippen LogP contribution in [0.25, 0.3) is 0 Å². The van der Waals surface area contributed by atoms with Crippen LogP contribution in [0.4, 0.5) is 4.70 Å². The number of rotatable bonds is 15. The first-order valence-electron chi connectivity index (χ1n) is 8.78. The number of nitrogens with two attached hydrogens (primary N) is 1. The molecule has 0 unspecified atom stereocenters. The first kappa shape index (κ1) is 21.8. The number of hydrogen-bond acceptors (Lipinski definition) is 1. The largest absolute Gasteiger partial charge is 0.405 e. The maximum Gasteiger partial charge on any atom is -0.0103 e. The van der Waals surface area contributed by atoms with Gasteiger partial charge in [0, 0.05) is 0 Å². The minimum Gasteiger partial charge on any atom is -0.405 e. The Kier molecular flexibility index (Phi) is 22.6. The van der Waals surface area contributed by atoms with Crippen molar-refractivity contribution < 1.29 is 4.70 Å². The topological polar surface area (TPSA) is 26.0 Å². The van der Waals surface area contributed by atoms with E-state index in [1.807, 2.05) is 0 Å². The van der Waals surface area contributed by atoms with E-state index in [1.54, 1.807) is 6.20 Å². The third-order valence-electron chi connectivity index (χ3n) is 3.86. The van der Waals surface area contributed by atoms with Gasteiger partial charge in [0.05, 0.1) is 0 Å². The van der Waals surface area contributed by atoms with Gasteiger partial charge >= 0.3 is 0 Å². The summed E-state index contributed by atoms with van der Waals surface area (Å²) in [5, 5.41) is 0. The molecule has 0 aromatic heterocycles. The van der Waals surface area contributed by atoms with E-state index in [9.17, 15) is 0 Å². The van der Waals surface area contributed by atoms with E-state index in [4.69, 9.17) is 5.73 Å². The van der Waals surface area contributed by atoms with Gasteiger partial charge in [-0.1, -0.05) is 96.5 Å². The number of halogens is 1. The van der Waals surface area contributed by atoms with Crippen LogP contribution in [0.3, 0.4) is 0 Å². The molecule has 0 aromatic rings. The predicted molar refractivity (Wildman–Crippen MR) is 90.8 cm³/mol. The molecule has 0 aliphatic rings. The Morgan fingerprint density at radius 3 is 1.30 bits per heavy atom. The molecule has 0 heterocycles. The smallest absolute Gasteiger partial charge is 0.0103 e. The third kappa shape index (κ3) is 19.8. The molecule has 0 saturated carbocycles. The molecule has 0 atom stereocenters. The molecule has 0 fully saturated rings. The molecule has 20 heavy (non-hydrogen) atoms. The minimum absolute atomic E-state index is 0. The first-order valence-corrected chi connectivity index (χ1v) is 8.78. The number of unbranched alkanes of at least 4 members (excludes halogenated alkanes) is 14. The van der Waals surface area contributed by atoms with Crippen molar-refractivity contribution in [2.75, 3.05) is 0 Å². The first-order chi connectivity index (χ1) is 9.41. The Morgan fingerprint density at radius 2 is 0.950 bits per heavy atom. The lowest BCUT2D eigenvalue weighted by molar-refractivity contribution is 0.536. The maximum atomic E-state index is 5.30. The summed E-state index contributed by atoms with van der Waals surface area (Å²) in [4.78, 5) is 0. The fourth-order valence-corrected chi connectivity index (χ4v) is 2.55. The molecule has 0 aromatic carbocycles. The van der Waals surface area contributed by atoms with Crippen molar-refractivity contribution in [1.82, 2.24) is 0 Å². The van der Waals surface area contributed by atoms with Crippen molar-refractivity contribution in [2.45, 2.75) is 103 Å². The molecule has 2 N–H and O–H groups in total. The van der Waals surface area contributed by atoms with Crippen molar-refractivity contribution in [3.8, 4) is 0 Å². The second-order valence-electron chi connectivity index (χ2n) is 5.81. The van der Waals surface area contributed by atoms with Crippen LogP contribution >= 0.6 is 0 Å². The highest BCUT2D eigenvalue weighted by Crippen LogP contribution is 2.13. The van der Waals surface area contributed by atoms with Gasteiger partial charge in [0.2, 0.25) is 0 Å². The summed E-state index contributed by atoms with van der Waals surface area (Å²) < 4.78 is 0. The lowest BCUT2D eigenvalue weighted by Gasteiger charge is -2.02. The zero-order chi connectivity index (χ0) is 14.0. The molecule has 0 bridgehead atoms. The van der Waals surface area contributed by atoms with Crippen LogP contribution in [0.2, 0.25) is 0 Å². The second-order valence-corrected chi connectivity index (χ2v) is 5.81. The fourth-order valence-electron chi connectivity index (χ4n) is 2.55. The average Bonchev–Trinajstić information content (AvgIpc) is 2.43. The van der Waals surface area contributed by atoms with Crippen molar-refractivity contribution in [3.05, 3.63) is 12.3 Å². The molecular formula is C18H38FN. The van der Waals surface area contributed by atoms with E-state index < -0.39 is 0 Å². The highest BCUT2D eigenvalue weighted by Gasteiger charge is 1.93. The molecule has 0 radical (unpaired) electrons. The van der Waals surface area contributed by atoms with Crippen molar-refractivity contribution in [2.24, 2.45) is 5.73 Å². The SMILES string of the molecule is CCCCCCCCCCCCCCCC/C=C/N.F. The second kappa shape index (κ2) is 20.8. The molecule has 0 saturated heterocycles. The number of hydrogen-bond donors (Lipinski definition) is 1. The van der Waals surface area contributed by atoms with Gasteiger partial charge in [0.15, 0.2) is 0 Å². The molecule has 2 heteroatoms. The van der Waals surface area contributed by atoms with Crippen molar-refractivity contribution in [3.63, 3.8) is 0 Å². The maximum absolute atomic E-state index is 5.30. The zero-order valence-corrected chi connectivity index (χ0v) is 13.7. The number of allylic oxidation sites excluding steroid dienone is 1. The Balaban J connectivity index is 0. The Labute approximate surface area is 126 Å². The van der Waals surface area contributed by atoms with Gasteiger partial charge in [0.1, 0.15) is 0 Å². The van der Waals surface area contributed by atoms with Crippen molar-refractivity contribution >= 4 is 0 Å². The minimum atomic E-state index is 0. The van der Waals surface area contributed by atoms with Crippen LogP contribution in [-0.2, 0) is 0 Å². The quantitative estimate of drug-likeness (QED) is 0.343. The summed E-state index contributed by atoms with van der Waals surface area (Å²) in [7, 11) is 0. The van der Waals surface area contributed by atoms with E-state index in [1.165, 1.54) is 89.9 Å². The molecule has 0 amide bonds. The van der Waals surface area contributed by atoms with Gasteiger partial charge < -0.3 is 5.73 Å². The van der Waals surface area contributed by atoms with E-state index in [-0.39, 0.29) is 4.70 Å². The van der Waals surface area contributed by atoms with Gasteiger partial charge in [-0.25, -0.2) is 0 Å². The highest BCUT2D eigenvalue weighted by molar-refractivity contribution is 4.74. The van der Waals surface area contributed by atoms with Crippen LogP contribution in [0.15, 0.2) is 12.3 Å². The van der Waals surface area contributed by atoms with Crippen LogP contribution < -0.4 is 5.73 Å². The molecule has 1 nitrogen and oxygen atoms in total. The summed E-state index contributed by atoms with van der Waals surface area (Å²) in [6.07, 6.45) is 24.9. The molecule has 0 aliphatic carbocycles. The van der Waals surface area contributed by atoms with E-state index in [0.29, 0.717) is 0 Å². The molecule has 0 aliphatic heterocycles. The van der Waals surface area contributed by atoms with Crippen LogP contribution in [0.1, 0.15) is 103 Å². The summed E-state index contributed by atoms with van der Waals surface area (Å²) in [6.45, 7) is 2.29. The van der Waals surface area contributed by atoms with Gasteiger partial charge in [-0.05, 0) is 19.0 Å². The molecule has 0 rings (SSSR count). The summed E-state index contributed by atoms with van der Waals surface area (Å²) >= 11 is 0. The summed E-state index contributed by atoms with van der Waals surface area (Å²) in [5.41, 5.74) is 5.30. The fraction of sp³-hybridized carbons (Fsp3) is 0.889. The normalized spacial score (nSPS) is 10.8. The molecular weight excluding hydrogens is 249 g/mol. The van der Waals surface area contributed by atoms with Gasteiger partial charge in [-0.15, -0.1) is 0 Å². The Hall–Kier alpha value is -0.530.